The number of hydrogen-bond donors (Lipinski definition) is 1. The summed E-state index contributed by atoms with van der Waals surface area (Å²) >= 11 is 0. The van der Waals surface area contributed by atoms with Crippen molar-refractivity contribution in [3.63, 3.8) is 0 Å². The van der Waals surface area contributed by atoms with Gasteiger partial charge in [-0.1, -0.05) is 13.0 Å². The molecule has 0 saturated heterocycles. The van der Waals surface area contributed by atoms with Gasteiger partial charge in [-0.05, 0) is 25.0 Å². The van der Waals surface area contributed by atoms with Gasteiger partial charge < -0.3 is 0 Å². The lowest BCUT2D eigenvalue weighted by atomic mass is 10.2. The van der Waals surface area contributed by atoms with Crippen molar-refractivity contribution in [3.8, 4) is 0 Å². The van der Waals surface area contributed by atoms with Gasteiger partial charge in [0.15, 0.2) is 0 Å². The number of pyridine rings is 1. The van der Waals surface area contributed by atoms with Gasteiger partial charge in [0.2, 0.25) is 10.0 Å². The van der Waals surface area contributed by atoms with Crippen molar-refractivity contribution in [2.75, 3.05) is 5.75 Å². The van der Waals surface area contributed by atoms with E-state index in [4.69, 9.17) is 0 Å². The van der Waals surface area contributed by atoms with Crippen molar-refractivity contribution in [3.05, 3.63) is 30.1 Å². The maximum Gasteiger partial charge on any atom is 0.212 e. The molecule has 1 unspecified atom stereocenters. The van der Waals surface area contributed by atoms with E-state index in [9.17, 15) is 8.42 Å². The lowest BCUT2D eigenvalue weighted by Gasteiger charge is -2.13. The maximum absolute atomic E-state index is 11.5. The van der Waals surface area contributed by atoms with E-state index in [1.54, 1.807) is 18.5 Å². The third kappa shape index (κ3) is 3.97. The molecule has 1 rings (SSSR count). The molecule has 0 radical (unpaired) electrons. The molecule has 0 aliphatic heterocycles. The van der Waals surface area contributed by atoms with E-state index in [0.717, 1.165) is 5.56 Å². The van der Waals surface area contributed by atoms with Gasteiger partial charge in [-0.2, -0.15) is 0 Å². The normalized spacial score (nSPS) is 13.7. The van der Waals surface area contributed by atoms with Gasteiger partial charge in [-0.3, -0.25) is 4.98 Å². The summed E-state index contributed by atoms with van der Waals surface area (Å²) in [6.45, 7) is 3.65. The Morgan fingerprint density at radius 1 is 1.53 bits per heavy atom. The molecule has 0 aliphatic carbocycles. The van der Waals surface area contributed by atoms with Crippen LogP contribution in [0.1, 0.15) is 31.9 Å². The summed E-state index contributed by atoms with van der Waals surface area (Å²) in [5.41, 5.74) is 0.872. The molecule has 0 fully saturated rings. The molecule has 1 aromatic rings. The van der Waals surface area contributed by atoms with Crippen LogP contribution in [0.15, 0.2) is 24.5 Å². The van der Waals surface area contributed by atoms with Crippen LogP contribution in [-0.4, -0.2) is 19.2 Å². The van der Waals surface area contributed by atoms with E-state index in [1.165, 1.54) is 0 Å². The van der Waals surface area contributed by atoms with Gasteiger partial charge in [0.1, 0.15) is 0 Å². The van der Waals surface area contributed by atoms with Crippen molar-refractivity contribution in [2.24, 2.45) is 0 Å². The summed E-state index contributed by atoms with van der Waals surface area (Å²) in [6.07, 6.45) is 3.95. The fraction of sp³-hybridized carbons (Fsp3) is 0.500. The van der Waals surface area contributed by atoms with Gasteiger partial charge >= 0.3 is 0 Å². The van der Waals surface area contributed by atoms with Gasteiger partial charge in [-0.15, -0.1) is 0 Å². The Kier molecular flexibility index (Phi) is 4.23. The first-order chi connectivity index (χ1) is 7.05. The molecule has 4 nitrogen and oxygen atoms in total. The first kappa shape index (κ1) is 12.1. The zero-order valence-corrected chi connectivity index (χ0v) is 9.79. The molecule has 15 heavy (non-hydrogen) atoms. The van der Waals surface area contributed by atoms with Crippen molar-refractivity contribution in [1.29, 1.82) is 0 Å². The van der Waals surface area contributed by atoms with Gasteiger partial charge in [-0.25, -0.2) is 13.1 Å². The molecule has 1 N–H and O–H groups in total. The second kappa shape index (κ2) is 5.23. The minimum Gasteiger partial charge on any atom is -0.264 e. The lowest BCUT2D eigenvalue weighted by molar-refractivity contribution is 0.565. The third-order valence-electron chi connectivity index (χ3n) is 2.01. The predicted octanol–water partition coefficient (Wildman–Crippen LogP) is 1.47. The number of aromatic nitrogens is 1. The van der Waals surface area contributed by atoms with E-state index < -0.39 is 10.0 Å². The molecule has 0 bridgehead atoms. The number of nitrogens with one attached hydrogen (secondary N) is 1. The molecule has 0 saturated carbocycles. The Morgan fingerprint density at radius 3 is 2.80 bits per heavy atom. The molecule has 0 aromatic carbocycles. The lowest BCUT2D eigenvalue weighted by Crippen LogP contribution is -2.28. The van der Waals surface area contributed by atoms with E-state index in [0.29, 0.717) is 6.42 Å². The summed E-state index contributed by atoms with van der Waals surface area (Å²) in [4.78, 5) is 3.95. The van der Waals surface area contributed by atoms with Crippen LogP contribution < -0.4 is 4.72 Å². The summed E-state index contributed by atoms with van der Waals surface area (Å²) in [7, 11) is -3.16. The van der Waals surface area contributed by atoms with Crippen LogP contribution in [0.25, 0.3) is 0 Å². The van der Waals surface area contributed by atoms with E-state index in [-0.39, 0.29) is 11.8 Å². The summed E-state index contributed by atoms with van der Waals surface area (Å²) in [6, 6.07) is 3.42. The number of hydrogen-bond acceptors (Lipinski definition) is 3. The molecular weight excluding hydrogens is 212 g/mol. The predicted molar refractivity (Wildman–Crippen MR) is 59.9 cm³/mol. The van der Waals surface area contributed by atoms with Gasteiger partial charge in [0.25, 0.3) is 0 Å². The summed E-state index contributed by atoms with van der Waals surface area (Å²) in [5.74, 6) is 0.164. The van der Waals surface area contributed by atoms with E-state index in [1.807, 2.05) is 19.9 Å². The average molecular weight is 228 g/mol. The van der Waals surface area contributed by atoms with E-state index >= 15 is 0 Å². The average Bonchev–Trinajstić information content (AvgIpc) is 2.18. The van der Waals surface area contributed by atoms with Crippen molar-refractivity contribution >= 4 is 10.0 Å². The van der Waals surface area contributed by atoms with Gasteiger partial charge in [0, 0.05) is 18.4 Å². The third-order valence-corrected chi connectivity index (χ3v) is 3.67. The quantitative estimate of drug-likeness (QED) is 0.830. The van der Waals surface area contributed by atoms with Crippen molar-refractivity contribution in [1.82, 2.24) is 9.71 Å². The molecule has 0 amide bonds. The SMILES string of the molecule is CCCS(=O)(=O)NC(C)c1cccnc1. The highest BCUT2D eigenvalue weighted by Crippen LogP contribution is 2.11. The topological polar surface area (TPSA) is 59.1 Å². The zero-order valence-electron chi connectivity index (χ0n) is 8.97. The monoisotopic (exact) mass is 228 g/mol. The molecule has 1 atom stereocenters. The van der Waals surface area contributed by atoms with Gasteiger partial charge in [0.05, 0.1) is 5.75 Å². The second-order valence-electron chi connectivity index (χ2n) is 3.44. The van der Waals surface area contributed by atoms with Crippen molar-refractivity contribution in [2.45, 2.75) is 26.3 Å². The van der Waals surface area contributed by atoms with Crippen LogP contribution in [0.3, 0.4) is 0 Å². The fourth-order valence-corrected chi connectivity index (χ4v) is 2.63. The van der Waals surface area contributed by atoms with Crippen LogP contribution >= 0.6 is 0 Å². The van der Waals surface area contributed by atoms with Crippen LogP contribution in [-0.2, 0) is 10.0 Å². The molecule has 5 heteroatoms. The van der Waals surface area contributed by atoms with Crippen LogP contribution in [0.4, 0.5) is 0 Å². The molecule has 0 spiro atoms. The molecular formula is C10H16N2O2S. The van der Waals surface area contributed by atoms with Crippen LogP contribution in [0, 0.1) is 0 Å². The first-order valence-electron chi connectivity index (χ1n) is 4.95. The summed E-state index contributed by atoms with van der Waals surface area (Å²) < 4.78 is 25.6. The minimum absolute atomic E-state index is 0.164. The number of sulfonamides is 1. The fourth-order valence-electron chi connectivity index (χ4n) is 1.30. The number of nitrogens with zero attached hydrogens (tertiary/aromatic N) is 1. The maximum atomic E-state index is 11.5. The number of rotatable bonds is 5. The highest BCUT2D eigenvalue weighted by Gasteiger charge is 2.14. The summed E-state index contributed by atoms with van der Waals surface area (Å²) in [5, 5.41) is 0. The highest BCUT2D eigenvalue weighted by molar-refractivity contribution is 7.89. The van der Waals surface area contributed by atoms with Crippen molar-refractivity contribution < 1.29 is 8.42 Å². The molecule has 1 heterocycles. The zero-order chi connectivity index (χ0) is 11.3. The highest BCUT2D eigenvalue weighted by atomic mass is 32.2. The Balaban J connectivity index is 2.68. The smallest absolute Gasteiger partial charge is 0.212 e. The van der Waals surface area contributed by atoms with Crippen LogP contribution in [0.5, 0.6) is 0 Å². The second-order valence-corrected chi connectivity index (χ2v) is 5.32. The minimum atomic E-state index is -3.16. The molecule has 84 valence electrons. The Labute approximate surface area is 90.8 Å². The Hall–Kier alpha value is -0.940. The standard InChI is InChI=1S/C10H16N2O2S/c1-3-7-15(13,14)12-9(2)10-5-4-6-11-8-10/h4-6,8-9,12H,3,7H2,1-2H3. The Morgan fingerprint density at radius 2 is 2.27 bits per heavy atom. The Bertz CT molecular complexity index is 389. The molecule has 1 aromatic heterocycles. The van der Waals surface area contributed by atoms with Crippen LogP contribution in [0.2, 0.25) is 0 Å². The largest absolute Gasteiger partial charge is 0.264 e. The van der Waals surface area contributed by atoms with E-state index in [2.05, 4.69) is 9.71 Å². The molecule has 0 aliphatic rings. The first-order valence-corrected chi connectivity index (χ1v) is 6.60.